The van der Waals surface area contributed by atoms with Gasteiger partial charge in [0.15, 0.2) is 0 Å². The molecule has 1 saturated heterocycles. The minimum Gasteiger partial charge on any atom is -0.337 e. The molecule has 8 heteroatoms. The first-order valence-electron chi connectivity index (χ1n) is 7.48. The topological polar surface area (TPSA) is 93.5 Å². The molecule has 1 rings (SSSR count). The lowest BCUT2D eigenvalue weighted by Gasteiger charge is -2.29. The third-order valence-electron chi connectivity index (χ3n) is 4.17. The SMILES string of the molecule is CC(C)[C@](C)(C#N)NC(=O)CN1CCCN(S(C)(=O)=O)CC1. The molecule has 0 spiro atoms. The number of carbonyl (C=O) groups excluding carboxylic acids is 1. The molecule has 1 fully saturated rings. The number of nitriles is 1. The molecular formula is C14H26N4O3S. The molecule has 7 nitrogen and oxygen atoms in total. The Labute approximate surface area is 133 Å². The zero-order chi connectivity index (χ0) is 17.0. The predicted molar refractivity (Wildman–Crippen MR) is 84.5 cm³/mol. The molecule has 0 aromatic carbocycles. The van der Waals surface area contributed by atoms with Crippen molar-refractivity contribution < 1.29 is 13.2 Å². The fraction of sp³-hybridized carbons (Fsp3) is 0.857. The smallest absolute Gasteiger partial charge is 0.235 e. The summed E-state index contributed by atoms with van der Waals surface area (Å²) in [6.45, 7) is 7.74. The number of nitrogens with zero attached hydrogens (tertiary/aromatic N) is 3. The average Bonchev–Trinajstić information content (AvgIpc) is 2.63. The molecule has 1 amide bonds. The molecule has 1 N–H and O–H groups in total. The van der Waals surface area contributed by atoms with Gasteiger partial charge < -0.3 is 5.32 Å². The fourth-order valence-electron chi connectivity index (χ4n) is 2.27. The van der Waals surface area contributed by atoms with E-state index in [0.717, 1.165) is 0 Å². The maximum absolute atomic E-state index is 12.1. The van der Waals surface area contributed by atoms with Crippen LogP contribution < -0.4 is 5.32 Å². The first-order valence-corrected chi connectivity index (χ1v) is 9.33. The Kier molecular flexibility index (Phi) is 6.35. The summed E-state index contributed by atoms with van der Waals surface area (Å²) >= 11 is 0. The van der Waals surface area contributed by atoms with Gasteiger partial charge in [-0.2, -0.15) is 5.26 Å². The number of hydrogen-bond donors (Lipinski definition) is 1. The summed E-state index contributed by atoms with van der Waals surface area (Å²) in [4.78, 5) is 14.1. The van der Waals surface area contributed by atoms with Crippen LogP contribution in [0.4, 0.5) is 0 Å². The first-order chi connectivity index (χ1) is 10.1. The van der Waals surface area contributed by atoms with Crippen LogP contribution in [-0.4, -0.2) is 68.0 Å². The standard InChI is InChI=1S/C14H26N4O3S/c1-12(2)14(3,11-15)16-13(19)10-17-6-5-7-18(9-8-17)22(4,20)21/h12H,5-10H2,1-4H3,(H,16,19)/t14-/m0/s1. The third-order valence-corrected chi connectivity index (χ3v) is 5.47. The molecule has 0 unspecified atom stereocenters. The van der Waals surface area contributed by atoms with E-state index in [-0.39, 0.29) is 18.4 Å². The maximum Gasteiger partial charge on any atom is 0.235 e. The highest BCUT2D eigenvalue weighted by Crippen LogP contribution is 2.15. The van der Waals surface area contributed by atoms with E-state index in [1.165, 1.54) is 10.6 Å². The second-order valence-corrected chi connectivity index (χ2v) is 8.29. The molecule has 0 saturated carbocycles. The Balaban J connectivity index is 2.58. The van der Waals surface area contributed by atoms with Crippen LogP contribution in [0.15, 0.2) is 0 Å². The van der Waals surface area contributed by atoms with Crippen LogP contribution in [0.25, 0.3) is 0 Å². The van der Waals surface area contributed by atoms with Crippen molar-refractivity contribution >= 4 is 15.9 Å². The molecule has 126 valence electrons. The van der Waals surface area contributed by atoms with Gasteiger partial charge in [-0.05, 0) is 25.8 Å². The molecule has 1 heterocycles. The number of amides is 1. The Morgan fingerprint density at radius 3 is 2.45 bits per heavy atom. The van der Waals surface area contributed by atoms with Crippen LogP contribution in [0.2, 0.25) is 0 Å². The number of sulfonamides is 1. The quantitative estimate of drug-likeness (QED) is 0.766. The summed E-state index contributed by atoms with van der Waals surface area (Å²) in [5.74, 6) is -0.197. The molecule has 0 aromatic rings. The lowest BCUT2D eigenvalue weighted by molar-refractivity contribution is -0.123. The van der Waals surface area contributed by atoms with Crippen molar-refractivity contribution in [2.75, 3.05) is 39.0 Å². The summed E-state index contributed by atoms with van der Waals surface area (Å²) in [5.41, 5.74) is -0.887. The van der Waals surface area contributed by atoms with Gasteiger partial charge in [0.25, 0.3) is 0 Å². The predicted octanol–water partition coefficient (Wildman–Crippen LogP) is 0.00818. The van der Waals surface area contributed by atoms with Crippen molar-refractivity contribution in [3.05, 3.63) is 0 Å². The highest BCUT2D eigenvalue weighted by Gasteiger charge is 2.31. The Morgan fingerprint density at radius 1 is 1.32 bits per heavy atom. The van der Waals surface area contributed by atoms with Crippen LogP contribution in [0.5, 0.6) is 0 Å². The van der Waals surface area contributed by atoms with Crippen LogP contribution in [0.3, 0.4) is 0 Å². The molecule has 0 aliphatic carbocycles. The van der Waals surface area contributed by atoms with Crippen molar-refractivity contribution in [3.8, 4) is 6.07 Å². The van der Waals surface area contributed by atoms with Gasteiger partial charge in [-0.25, -0.2) is 12.7 Å². The van der Waals surface area contributed by atoms with Crippen LogP contribution >= 0.6 is 0 Å². The number of rotatable bonds is 5. The highest BCUT2D eigenvalue weighted by molar-refractivity contribution is 7.88. The van der Waals surface area contributed by atoms with Crippen LogP contribution in [-0.2, 0) is 14.8 Å². The normalized spacial score (nSPS) is 20.9. The summed E-state index contributed by atoms with van der Waals surface area (Å²) in [6, 6.07) is 2.15. The van der Waals surface area contributed by atoms with Gasteiger partial charge in [-0.1, -0.05) is 13.8 Å². The van der Waals surface area contributed by atoms with E-state index in [9.17, 15) is 18.5 Å². The van der Waals surface area contributed by atoms with E-state index in [0.29, 0.717) is 32.6 Å². The van der Waals surface area contributed by atoms with Gasteiger partial charge in [0, 0.05) is 19.6 Å². The largest absolute Gasteiger partial charge is 0.337 e. The van der Waals surface area contributed by atoms with Crippen molar-refractivity contribution in [1.82, 2.24) is 14.5 Å². The minimum absolute atomic E-state index is 0.00584. The molecule has 1 aliphatic heterocycles. The number of carbonyl (C=O) groups is 1. The zero-order valence-electron chi connectivity index (χ0n) is 13.8. The van der Waals surface area contributed by atoms with Crippen molar-refractivity contribution in [3.63, 3.8) is 0 Å². The molecule has 1 atom stereocenters. The van der Waals surface area contributed by atoms with E-state index < -0.39 is 15.6 Å². The number of nitrogens with one attached hydrogen (secondary N) is 1. The van der Waals surface area contributed by atoms with E-state index >= 15 is 0 Å². The lowest BCUT2D eigenvalue weighted by atomic mass is 9.90. The third kappa shape index (κ3) is 5.23. The van der Waals surface area contributed by atoms with E-state index in [1.54, 1.807) is 6.92 Å². The summed E-state index contributed by atoms with van der Waals surface area (Å²) in [5, 5.41) is 12.0. The van der Waals surface area contributed by atoms with Crippen LogP contribution in [0.1, 0.15) is 27.2 Å². The fourth-order valence-corrected chi connectivity index (χ4v) is 3.14. The molecular weight excluding hydrogens is 304 g/mol. The maximum atomic E-state index is 12.1. The van der Waals surface area contributed by atoms with Gasteiger partial charge in [0.2, 0.25) is 15.9 Å². The summed E-state index contributed by atoms with van der Waals surface area (Å²) < 4.78 is 24.6. The number of hydrogen-bond acceptors (Lipinski definition) is 5. The van der Waals surface area contributed by atoms with Crippen molar-refractivity contribution in [2.45, 2.75) is 32.7 Å². The van der Waals surface area contributed by atoms with E-state index in [4.69, 9.17) is 0 Å². The van der Waals surface area contributed by atoms with Gasteiger partial charge in [0.1, 0.15) is 5.54 Å². The monoisotopic (exact) mass is 330 g/mol. The minimum atomic E-state index is -3.18. The lowest BCUT2D eigenvalue weighted by Crippen LogP contribution is -2.52. The first kappa shape index (κ1) is 18.9. The summed E-state index contributed by atoms with van der Waals surface area (Å²) in [7, 11) is -3.18. The Hall–Kier alpha value is -1.17. The van der Waals surface area contributed by atoms with Gasteiger partial charge in [-0.3, -0.25) is 9.69 Å². The molecule has 22 heavy (non-hydrogen) atoms. The molecule has 0 aromatic heterocycles. The highest BCUT2D eigenvalue weighted by atomic mass is 32.2. The van der Waals surface area contributed by atoms with E-state index in [1.807, 2.05) is 18.7 Å². The van der Waals surface area contributed by atoms with Gasteiger partial charge in [-0.15, -0.1) is 0 Å². The average molecular weight is 330 g/mol. The summed E-state index contributed by atoms with van der Waals surface area (Å²) in [6.07, 6.45) is 1.90. The van der Waals surface area contributed by atoms with Crippen molar-refractivity contribution in [2.24, 2.45) is 5.92 Å². The zero-order valence-corrected chi connectivity index (χ0v) is 14.6. The molecule has 0 radical (unpaired) electrons. The Morgan fingerprint density at radius 2 is 1.95 bits per heavy atom. The van der Waals surface area contributed by atoms with Gasteiger partial charge in [0.05, 0.1) is 18.9 Å². The Bertz CT molecular complexity index is 541. The van der Waals surface area contributed by atoms with Gasteiger partial charge >= 0.3 is 0 Å². The van der Waals surface area contributed by atoms with Crippen molar-refractivity contribution in [1.29, 1.82) is 5.26 Å². The molecule has 0 bridgehead atoms. The van der Waals surface area contributed by atoms with E-state index in [2.05, 4.69) is 11.4 Å². The van der Waals surface area contributed by atoms with Crippen LogP contribution in [0, 0.1) is 17.2 Å². The second kappa shape index (κ2) is 7.40. The second-order valence-electron chi connectivity index (χ2n) is 6.31. The molecule has 1 aliphatic rings.